The lowest BCUT2D eigenvalue weighted by Gasteiger charge is -2.12. The molecule has 0 aliphatic rings. The Hall–Kier alpha value is -3.27. The highest BCUT2D eigenvalue weighted by Gasteiger charge is 2.11. The standard InChI is InChI=1S/C22H20N2O2/c1-15-8-10-18-19(12-15)24-22(23-18)17-9-11-20(25-2)21(13-17)26-14-16-6-4-3-5-7-16/h3-13H,14H2,1-2H3,(H,23,24). The number of methoxy groups -OCH3 is 1. The molecule has 0 saturated carbocycles. The van der Waals surface area contributed by atoms with Crippen molar-refractivity contribution >= 4 is 11.0 Å². The Morgan fingerprint density at radius 3 is 2.58 bits per heavy atom. The number of nitrogens with one attached hydrogen (secondary N) is 1. The van der Waals surface area contributed by atoms with Gasteiger partial charge in [0.2, 0.25) is 0 Å². The molecule has 4 heteroatoms. The van der Waals surface area contributed by atoms with E-state index in [1.165, 1.54) is 5.56 Å². The predicted molar refractivity (Wildman–Crippen MR) is 104 cm³/mol. The van der Waals surface area contributed by atoms with Crippen LogP contribution in [-0.2, 0) is 6.61 Å². The molecular weight excluding hydrogens is 324 g/mol. The van der Waals surface area contributed by atoms with Crippen LogP contribution in [0.25, 0.3) is 22.4 Å². The molecule has 4 nitrogen and oxygen atoms in total. The van der Waals surface area contributed by atoms with E-state index >= 15 is 0 Å². The molecule has 1 heterocycles. The molecule has 1 N–H and O–H groups in total. The van der Waals surface area contributed by atoms with Crippen LogP contribution in [0.1, 0.15) is 11.1 Å². The third-order valence-electron chi connectivity index (χ3n) is 4.31. The van der Waals surface area contributed by atoms with Gasteiger partial charge < -0.3 is 14.5 Å². The monoisotopic (exact) mass is 344 g/mol. The zero-order valence-corrected chi connectivity index (χ0v) is 14.8. The van der Waals surface area contributed by atoms with Crippen LogP contribution < -0.4 is 9.47 Å². The van der Waals surface area contributed by atoms with Crippen molar-refractivity contribution < 1.29 is 9.47 Å². The van der Waals surface area contributed by atoms with E-state index in [1.54, 1.807) is 7.11 Å². The fraction of sp³-hybridized carbons (Fsp3) is 0.136. The van der Waals surface area contributed by atoms with Gasteiger partial charge in [-0.15, -0.1) is 0 Å². The van der Waals surface area contributed by atoms with Crippen molar-refractivity contribution in [1.29, 1.82) is 0 Å². The lowest BCUT2D eigenvalue weighted by molar-refractivity contribution is 0.284. The third-order valence-corrected chi connectivity index (χ3v) is 4.31. The van der Waals surface area contributed by atoms with E-state index in [9.17, 15) is 0 Å². The Kier molecular flexibility index (Phi) is 4.32. The van der Waals surface area contributed by atoms with Crippen molar-refractivity contribution in [1.82, 2.24) is 9.97 Å². The number of benzene rings is 3. The first kappa shape index (κ1) is 16.2. The molecule has 1 aromatic heterocycles. The zero-order chi connectivity index (χ0) is 17.9. The minimum Gasteiger partial charge on any atom is -0.493 e. The maximum absolute atomic E-state index is 6.00. The van der Waals surface area contributed by atoms with Gasteiger partial charge in [0.1, 0.15) is 12.4 Å². The Balaban J connectivity index is 1.66. The van der Waals surface area contributed by atoms with Gasteiger partial charge >= 0.3 is 0 Å². The van der Waals surface area contributed by atoms with Crippen LogP contribution in [0.15, 0.2) is 66.7 Å². The Morgan fingerprint density at radius 1 is 0.923 bits per heavy atom. The van der Waals surface area contributed by atoms with Crippen LogP contribution in [0.3, 0.4) is 0 Å². The first-order valence-corrected chi connectivity index (χ1v) is 8.54. The molecule has 0 unspecified atom stereocenters. The van der Waals surface area contributed by atoms with Gasteiger partial charge in [-0.05, 0) is 48.4 Å². The van der Waals surface area contributed by atoms with E-state index < -0.39 is 0 Å². The van der Waals surface area contributed by atoms with Crippen LogP contribution in [-0.4, -0.2) is 17.1 Å². The second-order valence-corrected chi connectivity index (χ2v) is 6.25. The smallest absolute Gasteiger partial charge is 0.162 e. The quantitative estimate of drug-likeness (QED) is 0.546. The number of fused-ring (bicyclic) bond motifs is 1. The second kappa shape index (κ2) is 6.92. The maximum Gasteiger partial charge on any atom is 0.162 e. The zero-order valence-electron chi connectivity index (χ0n) is 14.8. The molecule has 0 radical (unpaired) electrons. The number of hydrogen-bond acceptors (Lipinski definition) is 3. The molecule has 0 aliphatic carbocycles. The number of imidazole rings is 1. The summed E-state index contributed by atoms with van der Waals surface area (Å²) in [5.41, 5.74) is 5.26. The van der Waals surface area contributed by atoms with Gasteiger partial charge in [-0.1, -0.05) is 36.4 Å². The van der Waals surface area contributed by atoms with Crippen LogP contribution >= 0.6 is 0 Å². The molecular formula is C22H20N2O2. The first-order valence-electron chi connectivity index (χ1n) is 8.54. The lowest BCUT2D eigenvalue weighted by Crippen LogP contribution is -1.98. The van der Waals surface area contributed by atoms with Crippen molar-refractivity contribution in [3.8, 4) is 22.9 Å². The Labute approximate surface area is 152 Å². The number of H-pyrrole nitrogens is 1. The largest absolute Gasteiger partial charge is 0.493 e. The predicted octanol–water partition coefficient (Wildman–Crippen LogP) is 5.13. The summed E-state index contributed by atoms with van der Waals surface area (Å²) in [6.45, 7) is 2.56. The number of aryl methyl sites for hydroxylation is 1. The van der Waals surface area contributed by atoms with Gasteiger partial charge in [0.15, 0.2) is 11.5 Å². The van der Waals surface area contributed by atoms with Crippen LogP contribution in [0.2, 0.25) is 0 Å². The van der Waals surface area contributed by atoms with Crippen LogP contribution in [0.4, 0.5) is 0 Å². The fourth-order valence-electron chi connectivity index (χ4n) is 2.93. The normalized spacial score (nSPS) is 10.8. The highest BCUT2D eigenvalue weighted by Crippen LogP contribution is 2.33. The molecule has 0 saturated heterocycles. The average molecular weight is 344 g/mol. The van der Waals surface area contributed by atoms with Gasteiger partial charge in [-0.2, -0.15) is 0 Å². The number of ether oxygens (including phenoxy) is 2. The third kappa shape index (κ3) is 3.26. The van der Waals surface area contributed by atoms with Crippen molar-refractivity contribution in [3.63, 3.8) is 0 Å². The summed E-state index contributed by atoms with van der Waals surface area (Å²) in [5.74, 6) is 2.22. The highest BCUT2D eigenvalue weighted by atomic mass is 16.5. The molecule has 4 aromatic rings. The molecule has 130 valence electrons. The van der Waals surface area contributed by atoms with E-state index in [-0.39, 0.29) is 0 Å². The summed E-state index contributed by atoms with van der Waals surface area (Å²) in [6.07, 6.45) is 0. The van der Waals surface area contributed by atoms with Gasteiger partial charge in [-0.3, -0.25) is 0 Å². The van der Waals surface area contributed by atoms with E-state index in [0.29, 0.717) is 18.1 Å². The first-order chi connectivity index (χ1) is 12.7. The van der Waals surface area contributed by atoms with Crippen LogP contribution in [0, 0.1) is 6.92 Å². The molecule has 4 rings (SSSR count). The highest BCUT2D eigenvalue weighted by molar-refractivity contribution is 5.80. The van der Waals surface area contributed by atoms with Crippen molar-refractivity contribution in [2.24, 2.45) is 0 Å². The number of aromatic amines is 1. The fourth-order valence-corrected chi connectivity index (χ4v) is 2.93. The van der Waals surface area contributed by atoms with Gasteiger partial charge in [0.25, 0.3) is 0 Å². The summed E-state index contributed by atoms with van der Waals surface area (Å²) in [4.78, 5) is 8.07. The second-order valence-electron chi connectivity index (χ2n) is 6.25. The maximum atomic E-state index is 6.00. The van der Waals surface area contributed by atoms with Gasteiger partial charge in [0.05, 0.1) is 18.1 Å². The van der Waals surface area contributed by atoms with Gasteiger partial charge in [-0.25, -0.2) is 4.98 Å². The Morgan fingerprint density at radius 2 is 1.77 bits per heavy atom. The number of rotatable bonds is 5. The molecule has 3 aromatic carbocycles. The lowest BCUT2D eigenvalue weighted by atomic mass is 10.2. The average Bonchev–Trinajstić information content (AvgIpc) is 3.10. The summed E-state index contributed by atoms with van der Waals surface area (Å²) in [7, 11) is 1.65. The Bertz CT molecular complexity index is 1040. The summed E-state index contributed by atoms with van der Waals surface area (Å²) < 4.78 is 11.4. The molecule has 0 aliphatic heterocycles. The number of nitrogens with zero attached hydrogens (tertiary/aromatic N) is 1. The molecule has 0 amide bonds. The van der Waals surface area contributed by atoms with E-state index in [1.807, 2.05) is 54.6 Å². The topological polar surface area (TPSA) is 47.1 Å². The SMILES string of the molecule is COc1ccc(-c2nc3ccc(C)cc3[nH]2)cc1OCc1ccccc1. The van der Waals surface area contributed by atoms with E-state index in [2.05, 4.69) is 29.0 Å². The van der Waals surface area contributed by atoms with E-state index in [0.717, 1.165) is 28.0 Å². The molecule has 26 heavy (non-hydrogen) atoms. The molecule has 0 atom stereocenters. The summed E-state index contributed by atoms with van der Waals surface area (Å²) >= 11 is 0. The molecule has 0 spiro atoms. The van der Waals surface area contributed by atoms with Crippen LogP contribution in [0.5, 0.6) is 11.5 Å². The van der Waals surface area contributed by atoms with Crippen molar-refractivity contribution in [2.45, 2.75) is 13.5 Å². The van der Waals surface area contributed by atoms with Crippen molar-refractivity contribution in [2.75, 3.05) is 7.11 Å². The van der Waals surface area contributed by atoms with Gasteiger partial charge in [0, 0.05) is 5.56 Å². The molecule has 0 fully saturated rings. The minimum absolute atomic E-state index is 0.486. The van der Waals surface area contributed by atoms with Crippen molar-refractivity contribution in [3.05, 3.63) is 77.9 Å². The summed E-state index contributed by atoms with van der Waals surface area (Å²) in [5, 5.41) is 0. The number of aromatic nitrogens is 2. The van der Waals surface area contributed by atoms with E-state index in [4.69, 9.17) is 9.47 Å². The minimum atomic E-state index is 0.486. The summed E-state index contributed by atoms with van der Waals surface area (Å²) in [6, 6.07) is 22.1. The molecule has 0 bridgehead atoms. The number of hydrogen-bond donors (Lipinski definition) is 1.